The molecule has 0 atom stereocenters. The van der Waals surface area contributed by atoms with E-state index in [1.807, 2.05) is 0 Å². The molecular weight excluding hydrogens is 242 g/mol. The molecule has 2 rings (SSSR count). The molecule has 0 aromatic rings. The summed E-state index contributed by atoms with van der Waals surface area (Å²) in [4.78, 5) is 10.6. The molecule has 17 heavy (non-hydrogen) atoms. The van der Waals surface area contributed by atoms with Crippen LogP contribution in [0.25, 0.3) is 0 Å². The first-order valence-corrected chi connectivity index (χ1v) is 7.75. The summed E-state index contributed by atoms with van der Waals surface area (Å²) in [6.45, 7) is 0. The van der Waals surface area contributed by atoms with Crippen LogP contribution < -0.4 is 4.72 Å². The SMILES string of the molecule is O=C(O)C[C@H]1CC[C@H](NS(=O)(=O)C2CC2)CC1. The molecule has 0 radical (unpaired) electrons. The van der Waals surface area contributed by atoms with Crippen molar-refractivity contribution in [1.29, 1.82) is 0 Å². The molecule has 0 aromatic carbocycles. The van der Waals surface area contributed by atoms with Gasteiger partial charge in [-0.3, -0.25) is 4.79 Å². The van der Waals surface area contributed by atoms with E-state index in [0.29, 0.717) is 0 Å². The highest BCUT2D eigenvalue weighted by atomic mass is 32.2. The van der Waals surface area contributed by atoms with Gasteiger partial charge in [-0.15, -0.1) is 0 Å². The van der Waals surface area contributed by atoms with Crippen LogP contribution in [0, 0.1) is 5.92 Å². The molecule has 0 aliphatic heterocycles. The Morgan fingerprint density at radius 1 is 1.12 bits per heavy atom. The zero-order valence-corrected chi connectivity index (χ0v) is 10.6. The van der Waals surface area contributed by atoms with Crippen LogP contribution in [0.15, 0.2) is 0 Å². The quantitative estimate of drug-likeness (QED) is 0.776. The molecule has 0 saturated heterocycles. The number of hydrogen-bond acceptors (Lipinski definition) is 3. The predicted molar refractivity (Wildman–Crippen MR) is 63.1 cm³/mol. The van der Waals surface area contributed by atoms with Gasteiger partial charge < -0.3 is 5.11 Å². The van der Waals surface area contributed by atoms with Crippen LogP contribution in [0.5, 0.6) is 0 Å². The molecule has 0 aromatic heterocycles. The van der Waals surface area contributed by atoms with Crippen LogP contribution in [0.1, 0.15) is 44.9 Å². The van der Waals surface area contributed by atoms with E-state index in [2.05, 4.69) is 4.72 Å². The Labute approximate surface area is 102 Å². The van der Waals surface area contributed by atoms with Crippen molar-refractivity contribution in [2.24, 2.45) is 5.92 Å². The van der Waals surface area contributed by atoms with Crippen LogP contribution >= 0.6 is 0 Å². The fraction of sp³-hybridized carbons (Fsp3) is 0.909. The summed E-state index contributed by atoms with van der Waals surface area (Å²) in [7, 11) is -3.09. The maximum absolute atomic E-state index is 11.7. The summed E-state index contributed by atoms with van der Waals surface area (Å²) in [5, 5.41) is 8.52. The molecule has 2 aliphatic carbocycles. The third kappa shape index (κ3) is 3.67. The van der Waals surface area contributed by atoms with Crippen molar-refractivity contribution in [3.8, 4) is 0 Å². The third-order valence-corrected chi connectivity index (χ3v) is 5.62. The van der Waals surface area contributed by atoms with Gasteiger partial charge in [-0.2, -0.15) is 0 Å². The van der Waals surface area contributed by atoms with E-state index >= 15 is 0 Å². The van der Waals surface area contributed by atoms with E-state index in [9.17, 15) is 13.2 Å². The van der Waals surface area contributed by atoms with E-state index in [0.717, 1.165) is 38.5 Å². The number of rotatable bonds is 5. The van der Waals surface area contributed by atoms with Gasteiger partial charge in [0.1, 0.15) is 0 Å². The summed E-state index contributed by atoms with van der Waals surface area (Å²) in [6.07, 6.45) is 4.93. The zero-order chi connectivity index (χ0) is 12.5. The van der Waals surface area contributed by atoms with Gasteiger partial charge in [0.2, 0.25) is 10.0 Å². The molecule has 5 nitrogen and oxygen atoms in total. The lowest BCUT2D eigenvalue weighted by Crippen LogP contribution is -2.39. The Balaban J connectivity index is 1.77. The smallest absolute Gasteiger partial charge is 0.303 e. The van der Waals surface area contributed by atoms with Crippen LogP contribution in [0.4, 0.5) is 0 Å². The van der Waals surface area contributed by atoms with Crippen molar-refractivity contribution in [3.63, 3.8) is 0 Å². The highest BCUT2D eigenvalue weighted by molar-refractivity contribution is 7.90. The average molecular weight is 261 g/mol. The first-order chi connectivity index (χ1) is 7.97. The molecule has 98 valence electrons. The maximum Gasteiger partial charge on any atom is 0.303 e. The number of hydrogen-bond donors (Lipinski definition) is 2. The molecule has 0 bridgehead atoms. The molecule has 2 saturated carbocycles. The highest BCUT2D eigenvalue weighted by Gasteiger charge is 2.37. The van der Waals surface area contributed by atoms with E-state index in [4.69, 9.17) is 5.11 Å². The van der Waals surface area contributed by atoms with Gasteiger partial charge in [-0.25, -0.2) is 13.1 Å². The second-order valence-electron chi connectivity index (χ2n) is 5.18. The van der Waals surface area contributed by atoms with E-state index in [1.54, 1.807) is 0 Å². The molecule has 0 spiro atoms. The maximum atomic E-state index is 11.7. The minimum atomic E-state index is -3.09. The molecule has 0 unspecified atom stereocenters. The van der Waals surface area contributed by atoms with Gasteiger partial charge in [0, 0.05) is 12.5 Å². The number of carboxylic acid groups (broad SMARTS) is 1. The van der Waals surface area contributed by atoms with E-state index < -0.39 is 16.0 Å². The Morgan fingerprint density at radius 3 is 2.18 bits per heavy atom. The van der Waals surface area contributed by atoms with Crippen LogP contribution in [0.2, 0.25) is 0 Å². The van der Waals surface area contributed by atoms with Crippen molar-refractivity contribution in [1.82, 2.24) is 4.72 Å². The number of carbonyl (C=O) groups is 1. The van der Waals surface area contributed by atoms with E-state index in [-0.39, 0.29) is 23.6 Å². The normalized spacial score (nSPS) is 30.1. The molecule has 0 amide bonds. The standard InChI is InChI=1S/C11H19NO4S/c13-11(14)7-8-1-3-9(4-2-8)12-17(15,16)10-5-6-10/h8-10,12H,1-7H2,(H,13,14)/t8-,9-. The predicted octanol–water partition coefficient (Wildman–Crippen LogP) is 1.10. The summed E-state index contributed by atoms with van der Waals surface area (Å²) in [5.74, 6) is -0.541. The van der Waals surface area contributed by atoms with Crippen molar-refractivity contribution in [2.45, 2.75) is 56.2 Å². The topological polar surface area (TPSA) is 83.5 Å². The summed E-state index contributed by atoms with van der Waals surface area (Å²) >= 11 is 0. The van der Waals surface area contributed by atoms with Crippen LogP contribution in [-0.2, 0) is 14.8 Å². The Hall–Kier alpha value is -0.620. The molecule has 2 fully saturated rings. The largest absolute Gasteiger partial charge is 0.481 e. The zero-order valence-electron chi connectivity index (χ0n) is 9.76. The number of nitrogens with one attached hydrogen (secondary N) is 1. The van der Waals surface area contributed by atoms with Crippen molar-refractivity contribution in [3.05, 3.63) is 0 Å². The van der Waals surface area contributed by atoms with Crippen LogP contribution in [0.3, 0.4) is 0 Å². The van der Waals surface area contributed by atoms with Gasteiger partial charge in [0.25, 0.3) is 0 Å². The van der Waals surface area contributed by atoms with Crippen molar-refractivity contribution >= 4 is 16.0 Å². The molecule has 6 heteroatoms. The second kappa shape index (κ2) is 4.94. The van der Waals surface area contributed by atoms with Crippen molar-refractivity contribution in [2.75, 3.05) is 0 Å². The lowest BCUT2D eigenvalue weighted by molar-refractivity contribution is -0.138. The Kier molecular flexibility index (Phi) is 3.73. The Bertz CT molecular complexity index is 380. The lowest BCUT2D eigenvalue weighted by Gasteiger charge is -2.28. The summed E-state index contributed by atoms with van der Waals surface area (Å²) in [6, 6.07) is 0.0191. The monoisotopic (exact) mass is 261 g/mol. The first-order valence-electron chi connectivity index (χ1n) is 6.20. The van der Waals surface area contributed by atoms with Gasteiger partial charge in [-0.05, 0) is 44.4 Å². The molecule has 0 heterocycles. The second-order valence-corrected chi connectivity index (χ2v) is 7.17. The summed E-state index contributed by atoms with van der Waals surface area (Å²) in [5.41, 5.74) is 0. The van der Waals surface area contributed by atoms with Crippen molar-refractivity contribution < 1.29 is 18.3 Å². The van der Waals surface area contributed by atoms with Gasteiger partial charge >= 0.3 is 5.97 Å². The average Bonchev–Trinajstić information content (AvgIpc) is 3.03. The minimum Gasteiger partial charge on any atom is -0.481 e. The first kappa shape index (κ1) is 12.8. The number of carboxylic acids is 1. The van der Waals surface area contributed by atoms with Gasteiger partial charge in [-0.1, -0.05) is 0 Å². The van der Waals surface area contributed by atoms with Gasteiger partial charge in [0.05, 0.1) is 5.25 Å². The molecule has 2 N–H and O–H groups in total. The highest BCUT2D eigenvalue weighted by Crippen LogP contribution is 2.31. The molecule has 2 aliphatic rings. The lowest BCUT2D eigenvalue weighted by atomic mass is 9.84. The fourth-order valence-electron chi connectivity index (χ4n) is 2.44. The van der Waals surface area contributed by atoms with E-state index in [1.165, 1.54) is 0 Å². The minimum absolute atomic E-state index is 0.0191. The number of aliphatic carboxylic acids is 1. The molecular formula is C11H19NO4S. The number of sulfonamides is 1. The fourth-order valence-corrected chi connectivity index (χ4v) is 4.09. The summed E-state index contributed by atoms with van der Waals surface area (Å²) < 4.78 is 26.2. The third-order valence-electron chi connectivity index (χ3n) is 3.60. The Morgan fingerprint density at radius 2 is 1.71 bits per heavy atom. The van der Waals surface area contributed by atoms with Crippen LogP contribution in [-0.4, -0.2) is 30.8 Å². The van der Waals surface area contributed by atoms with Gasteiger partial charge in [0.15, 0.2) is 0 Å².